The van der Waals surface area contributed by atoms with E-state index in [-0.39, 0.29) is 5.95 Å². The van der Waals surface area contributed by atoms with Gasteiger partial charge in [-0.15, -0.1) is 0 Å². The topological polar surface area (TPSA) is 96.3 Å². The highest BCUT2D eigenvalue weighted by Gasteiger charge is 2.17. The molecule has 2 heterocycles. The van der Waals surface area contributed by atoms with E-state index in [1.54, 1.807) is 0 Å². The van der Waals surface area contributed by atoms with Crippen molar-refractivity contribution in [2.75, 3.05) is 48.8 Å². The fourth-order valence-corrected chi connectivity index (χ4v) is 1.98. The maximum atomic E-state index is 5.64. The minimum Gasteiger partial charge on any atom is -0.368 e. The summed E-state index contributed by atoms with van der Waals surface area (Å²) in [4.78, 5) is 12.8. The van der Waals surface area contributed by atoms with E-state index in [2.05, 4.69) is 32.1 Å². The molecule has 0 aromatic carbocycles. The Morgan fingerprint density at radius 2 is 2.00 bits per heavy atom. The van der Waals surface area contributed by atoms with Crippen molar-refractivity contribution in [1.82, 2.24) is 14.9 Å². The third-order valence-corrected chi connectivity index (χ3v) is 3.02. The van der Waals surface area contributed by atoms with Gasteiger partial charge in [0.05, 0.1) is 0 Å². The zero-order chi connectivity index (χ0) is 12.3. The van der Waals surface area contributed by atoms with E-state index in [4.69, 9.17) is 11.6 Å². The van der Waals surface area contributed by atoms with Gasteiger partial charge in [0.15, 0.2) is 0 Å². The molecule has 0 aliphatic carbocycles. The Balaban J connectivity index is 2.10. The summed E-state index contributed by atoms with van der Waals surface area (Å²) in [5, 5.41) is 0. The highest BCUT2D eigenvalue weighted by molar-refractivity contribution is 5.52. The number of likely N-dealkylation sites (N-methyl/N-ethyl adjacent to an activating group) is 1. The summed E-state index contributed by atoms with van der Waals surface area (Å²) >= 11 is 0. The number of aromatic nitrogens is 2. The van der Waals surface area contributed by atoms with Gasteiger partial charge in [0.25, 0.3) is 0 Å². The number of nitrogens with one attached hydrogen (secondary N) is 1. The minimum absolute atomic E-state index is 0.244. The Kier molecular flexibility index (Phi) is 3.60. The molecule has 0 atom stereocenters. The van der Waals surface area contributed by atoms with Gasteiger partial charge < -0.3 is 21.0 Å². The summed E-state index contributed by atoms with van der Waals surface area (Å²) in [5.74, 6) is 6.96. The second-order valence-corrected chi connectivity index (χ2v) is 4.04. The van der Waals surface area contributed by atoms with Crippen LogP contribution in [0.1, 0.15) is 6.92 Å². The Morgan fingerprint density at radius 1 is 1.29 bits per heavy atom. The fraction of sp³-hybridized carbons (Fsp3) is 0.600. The number of hydrogen-bond donors (Lipinski definition) is 3. The van der Waals surface area contributed by atoms with Crippen molar-refractivity contribution in [3.05, 3.63) is 6.07 Å². The molecule has 1 saturated heterocycles. The molecule has 5 N–H and O–H groups in total. The smallest absolute Gasteiger partial charge is 0.223 e. The van der Waals surface area contributed by atoms with Crippen LogP contribution >= 0.6 is 0 Å². The van der Waals surface area contributed by atoms with Gasteiger partial charge in [0, 0.05) is 32.2 Å². The van der Waals surface area contributed by atoms with E-state index < -0.39 is 0 Å². The fourth-order valence-electron chi connectivity index (χ4n) is 1.98. The average molecular weight is 237 g/mol. The van der Waals surface area contributed by atoms with Crippen LogP contribution in [0.15, 0.2) is 6.07 Å². The van der Waals surface area contributed by atoms with Crippen molar-refractivity contribution in [2.24, 2.45) is 5.84 Å². The quantitative estimate of drug-likeness (QED) is 0.481. The minimum atomic E-state index is 0.244. The van der Waals surface area contributed by atoms with Crippen molar-refractivity contribution < 1.29 is 0 Å². The highest BCUT2D eigenvalue weighted by atomic mass is 15.3. The monoisotopic (exact) mass is 237 g/mol. The molecule has 7 nitrogen and oxygen atoms in total. The second-order valence-electron chi connectivity index (χ2n) is 4.04. The molecule has 0 unspecified atom stereocenters. The second kappa shape index (κ2) is 5.15. The molecule has 1 aromatic heterocycles. The third-order valence-electron chi connectivity index (χ3n) is 3.02. The summed E-state index contributed by atoms with van der Waals surface area (Å²) in [6.07, 6.45) is 0. The molecule has 1 aromatic rings. The van der Waals surface area contributed by atoms with Gasteiger partial charge >= 0.3 is 0 Å². The molecule has 94 valence electrons. The summed E-state index contributed by atoms with van der Waals surface area (Å²) < 4.78 is 0. The molecule has 7 heteroatoms. The maximum absolute atomic E-state index is 5.64. The van der Waals surface area contributed by atoms with Gasteiger partial charge in [-0.2, -0.15) is 9.97 Å². The number of piperazine rings is 1. The van der Waals surface area contributed by atoms with Crippen LogP contribution in [0, 0.1) is 0 Å². The Bertz CT molecular complexity index is 373. The first kappa shape index (κ1) is 11.9. The number of hydrazine groups is 1. The van der Waals surface area contributed by atoms with Crippen LogP contribution in [0.3, 0.4) is 0 Å². The van der Waals surface area contributed by atoms with Gasteiger partial charge in [-0.1, -0.05) is 6.92 Å². The van der Waals surface area contributed by atoms with E-state index in [1.165, 1.54) is 0 Å². The van der Waals surface area contributed by atoms with Crippen molar-refractivity contribution in [2.45, 2.75) is 6.92 Å². The van der Waals surface area contributed by atoms with E-state index in [9.17, 15) is 0 Å². The largest absolute Gasteiger partial charge is 0.368 e. The zero-order valence-corrected chi connectivity index (χ0v) is 10.1. The van der Waals surface area contributed by atoms with Crippen molar-refractivity contribution >= 4 is 17.6 Å². The predicted molar refractivity (Wildman–Crippen MR) is 68.6 cm³/mol. The first-order valence-electron chi connectivity index (χ1n) is 5.81. The van der Waals surface area contributed by atoms with Gasteiger partial charge in [0.1, 0.15) is 11.6 Å². The Hall–Kier alpha value is -1.60. The number of anilines is 3. The van der Waals surface area contributed by atoms with E-state index in [0.29, 0.717) is 5.82 Å². The average Bonchev–Trinajstić information content (AvgIpc) is 2.38. The first-order chi connectivity index (χ1) is 8.22. The normalized spacial score (nSPS) is 17.2. The van der Waals surface area contributed by atoms with Gasteiger partial charge in [-0.3, -0.25) is 0 Å². The highest BCUT2D eigenvalue weighted by Crippen LogP contribution is 2.17. The third kappa shape index (κ3) is 2.75. The van der Waals surface area contributed by atoms with Crippen LogP contribution in [0.4, 0.5) is 17.6 Å². The molecule has 2 rings (SSSR count). The maximum Gasteiger partial charge on any atom is 0.223 e. The van der Waals surface area contributed by atoms with Crippen molar-refractivity contribution in [1.29, 1.82) is 0 Å². The lowest BCUT2D eigenvalue weighted by Crippen LogP contribution is -2.46. The molecule has 0 bridgehead atoms. The van der Waals surface area contributed by atoms with Crippen LogP contribution < -0.4 is 21.9 Å². The van der Waals surface area contributed by atoms with E-state index in [0.717, 1.165) is 38.5 Å². The molecule has 17 heavy (non-hydrogen) atoms. The molecule has 1 aliphatic heterocycles. The van der Waals surface area contributed by atoms with Crippen LogP contribution in [0.25, 0.3) is 0 Å². The Labute approximate surface area is 101 Å². The van der Waals surface area contributed by atoms with Gasteiger partial charge in [-0.05, 0) is 6.54 Å². The molecule has 1 fully saturated rings. The van der Waals surface area contributed by atoms with Crippen LogP contribution in [-0.4, -0.2) is 47.6 Å². The summed E-state index contributed by atoms with van der Waals surface area (Å²) in [5.41, 5.74) is 8.14. The summed E-state index contributed by atoms with van der Waals surface area (Å²) in [6, 6.07) is 1.82. The Morgan fingerprint density at radius 3 is 2.59 bits per heavy atom. The zero-order valence-electron chi connectivity index (χ0n) is 10.1. The molecular weight excluding hydrogens is 218 g/mol. The molecule has 0 spiro atoms. The lowest BCUT2D eigenvalue weighted by atomic mass is 10.3. The molecule has 0 radical (unpaired) electrons. The SMILES string of the molecule is CCN1CCN(c2cc(NN)nc(N)n2)CC1. The number of nitrogens with two attached hydrogens (primary N) is 2. The lowest BCUT2D eigenvalue weighted by Gasteiger charge is -2.34. The molecule has 0 saturated carbocycles. The number of hydrogen-bond acceptors (Lipinski definition) is 7. The van der Waals surface area contributed by atoms with Crippen LogP contribution in [0.2, 0.25) is 0 Å². The number of nitrogen functional groups attached to an aromatic ring is 2. The van der Waals surface area contributed by atoms with E-state index in [1.807, 2.05) is 6.07 Å². The predicted octanol–water partition coefficient (Wildman–Crippen LogP) is -0.514. The molecule has 0 amide bonds. The summed E-state index contributed by atoms with van der Waals surface area (Å²) in [7, 11) is 0. The van der Waals surface area contributed by atoms with Crippen molar-refractivity contribution in [3.63, 3.8) is 0 Å². The van der Waals surface area contributed by atoms with Crippen LogP contribution in [-0.2, 0) is 0 Å². The van der Waals surface area contributed by atoms with Gasteiger partial charge in [-0.25, -0.2) is 5.84 Å². The lowest BCUT2D eigenvalue weighted by molar-refractivity contribution is 0.270. The first-order valence-corrected chi connectivity index (χ1v) is 5.81. The van der Waals surface area contributed by atoms with E-state index >= 15 is 0 Å². The number of rotatable bonds is 3. The molecule has 1 aliphatic rings. The number of nitrogens with zero attached hydrogens (tertiary/aromatic N) is 4. The van der Waals surface area contributed by atoms with Gasteiger partial charge in [0.2, 0.25) is 5.95 Å². The molecular formula is C10H19N7. The van der Waals surface area contributed by atoms with Crippen LogP contribution in [0.5, 0.6) is 0 Å². The summed E-state index contributed by atoms with van der Waals surface area (Å²) in [6.45, 7) is 7.27. The standard InChI is InChI=1S/C10H19N7/c1-2-16-3-5-17(6-4-16)9-7-8(15-12)13-10(11)14-9/h7H,2-6,12H2,1H3,(H3,11,13,14,15). The van der Waals surface area contributed by atoms with Crippen molar-refractivity contribution in [3.8, 4) is 0 Å².